The summed E-state index contributed by atoms with van der Waals surface area (Å²) in [6.45, 7) is 7.94. The number of piperidine rings is 2. The van der Waals surface area contributed by atoms with E-state index in [1.807, 2.05) is 0 Å². The van der Waals surface area contributed by atoms with Crippen molar-refractivity contribution < 1.29 is 9.18 Å². The number of fused-ring (bicyclic) bond motifs is 2. The molecule has 2 fully saturated rings. The van der Waals surface area contributed by atoms with Crippen LogP contribution in [0.25, 0.3) is 17.7 Å². The van der Waals surface area contributed by atoms with E-state index in [0.717, 1.165) is 45.1 Å². The molecule has 3 aromatic rings. The summed E-state index contributed by atoms with van der Waals surface area (Å²) in [6.07, 6.45) is 10.9. The number of nitrogens with zero attached hydrogens (tertiary/aromatic N) is 2. The van der Waals surface area contributed by atoms with Gasteiger partial charge in [-0.2, -0.15) is 0 Å². The Labute approximate surface area is 245 Å². The van der Waals surface area contributed by atoms with Gasteiger partial charge in [-0.15, -0.1) is 0 Å². The van der Waals surface area contributed by atoms with Crippen molar-refractivity contribution in [1.29, 1.82) is 0 Å². The molecule has 3 aliphatic rings. The summed E-state index contributed by atoms with van der Waals surface area (Å²) in [5.74, 6) is 0.668. The molecule has 3 aromatic carbocycles. The Morgan fingerprint density at radius 2 is 1.37 bits per heavy atom. The van der Waals surface area contributed by atoms with Gasteiger partial charge in [0.2, 0.25) is 0 Å². The van der Waals surface area contributed by atoms with Crippen LogP contribution in [0.3, 0.4) is 0 Å². The van der Waals surface area contributed by atoms with E-state index in [-0.39, 0.29) is 11.6 Å². The lowest BCUT2D eigenvalue weighted by atomic mass is 9.86. The summed E-state index contributed by atoms with van der Waals surface area (Å²) < 4.78 is 12.8. The second kappa shape index (κ2) is 14.0. The van der Waals surface area contributed by atoms with Crippen molar-refractivity contribution in [1.82, 2.24) is 9.80 Å². The summed E-state index contributed by atoms with van der Waals surface area (Å²) >= 11 is 0. The molecule has 6 rings (SSSR count). The Hall–Kier alpha value is -3.34. The molecule has 41 heavy (non-hydrogen) atoms. The quantitative estimate of drug-likeness (QED) is 0.234. The van der Waals surface area contributed by atoms with Crippen LogP contribution < -0.4 is 0 Å². The Morgan fingerprint density at radius 1 is 0.805 bits per heavy atom. The number of carbonyl (C=O) groups is 1. The Balaban J connectivity index is 0.000000167. The van der Waals surface area contributed by atoms with Crippen molar-refractivity contribution in [2.45, 2.75) is 45.4 Å². The van der Waals surface area contributed by atoms with Gasteiger partial charge in [0.05, 0.1) is 0 Å². The first kappa shape index (κ1) is 29.2. The molecule has 0 saturated carbocycles. The molecule has 3 nitrogen and oxygen atoms in total. The highest BCUT2D eigenvalue weighted by atomic mass is 19.1. The minimum atomic E-state index is -0.293. The number of hydrogen-bond donors (Lipinski definition) is 0. The molecule has 2 saturated heterocycles. The number of ketones is 1. The molecular formula is C37H43FN2O. The van der Waals surface area contributed by atoms with Gasteiger partial charge in [0.15, 0.2) is 5.78 Å². The third kappa shape index (κ3) is 7.69. The summed E-state index contributed by atoms with van der Waals surface area (Å²) in [5, 5.41) is 0. The van der Waals surface area contributed by atoms with Crippen LogP contribution >= 0.6 is 0 Å². The van der Waals surface area contributed by atoms with Crippen LogP contribution in [0.15, 0.2) is 78.4 Å². The first-order valence-electron chi connectivity index (χ1n) is 15.3. The molecule has 1 aliphatic carbocycles. The summed E-state index contributed by atoms with van der Waals surface area (Å²) in [7, 11) is 2.22. The topological polar surface area (TPSA) is 23.6 Å². The zero-order chi connectivity index (χ0) is 28.6. The van der Waals surface area contributed by atoms with Gasteiger partial charge in [0, 0.05) is 25.1 Å². The number of rotatable bonds is 5. The Kier molecular flexibility index (Phi) is 9.97. The predicted molar refractivity (Wildman–Crippen MR) is 169 cm³/mol. The highest BCUT2D eigenvalue weighted by Gasteiger charge is 2.21. The molecule has 2 aliphatic heterocycles. The van der Waals surface area contributed by atoms with E-state index in [9.17, 15) is 9.18 Å². The lowest BCUT2D eigenvalue weighted by Crippen LogP contribution is -2.33. The third-order valence-corrected chi connectivity index (χ3v) is 8.77. The van der Waals surface area contributed by atoms with Crippen molar-refractivity contribution >= 4 is 23.5 Å². The first-order valence-corrected chi connectivity index (χ1v) is 15.3. The summed E-state index contributed by atoms with van der Waals surface area (Å²) in [6, 6.07) is 23.4. The van der Waals surface area contributed by atoms with E-state index >= 15 is 0 Å². The summed E-state index contributed by atoms with van der Waals surface area (Å²) in [5.41, 5.74) is 9.16. The number of carbonyl (C=O) groups excluding carboxylic acids is 1. The van der Waals surface area contributed by atoms with Gasteiger partial charge in [-0.05, 0) is 117 Å². The van der Waals surface area contributed by atoms with Gasteiger partial charge in [-0.25, -0.2) is 4.39 Å². The summed E-state index contributed by atoms with van der Waals surface area (Å²) in [4.78, 5) is 16.8. The SMILES string of the molecule is CC1CCN(CCCC(=O)c2ccc(F)cc2)CC1.CN1CCC(=C2c3ccccc3C=Cc3ccccc32)CC1. The fraction of sp³-hybridized carbons (Fsp3) is 0.378. The lowest BCUT2D eigenvalue weighted by Gasteiger charge is -2.29. The van der Waals surface area contributed by atoms with Crippen LogP contribution in [-0.4, -0.2) is 55.4 Å². The van der Waals surface area contributed by atoms with E-state index in [2.05, 4.69) is 84.5 Å². The van der Waals surface area contributed by atoms with Gasteiger partial charge in [0.1, 0.15) is 5.82 Å². The predicted octanol–water partition coefficient (Wildman–Crippen LogP) is 8.22. The molecule has 2 heterocycles. The van der Waals surface area contributed by atoms with Gasteiger partial charge in [0.25, 0.3) is 0 Å². The van der Waals surface area contributed by atoms with Crippen LogP contribution in [0, 0.1) is 11.7 Å². The van der Waals surface area contributed by atoms with E-state index in [4.69, 9.17) is 0 Å². The lowest BCUT2D eigenvalue weighted by molar-refractivity contribution is 0.0971. The van der Waals surface area contributed by atoms with Crippen molar-refractivity contribution in [3.05, 3.63) is 112 Å². The van der Waals surface area contributed by atoms with Crippen molar-refractivity contribution in [3.8, 4) is 0 Å². The first-order chi connectivity index (χ1) is 20.0. The number of Topliss-reactive ketones (excluding diaryl/α,β-unsaturated/α-hetero) is 1. The largest absolute Gasteiger partial charge is 0.306 e. The molecule has 4 heteroatoms. The highest BCUT2D eigenvalue weighted by Crippen LogP contribution is 2.38. The minimum Gasteiger partial charge on any atom is -0.306 e. The minimum absolute atomic E-state index is 0.116. The van der Waals surface area contributed by atoms with Crippen molar-refractivity contribution in [2.24, 2.45) is 5.92 Å². The number of halogens is 1. The molecule has 214 valence electrons. The Morgan fingerprint density at radius 3 is 1.95 bits per heavy atom. The van der Waals surface area contributed by atoms with Crippen molar-refractivity contribution in [2.75, 3.05) is 39.8 Å². The third-order valence-electron chi connectivity index (χ3n) is 8.77. The average molecular weight is 551 g/mol. The monoisotopic (exact) mass is 550 g/mol. The number of hydrogen-bond acceptors (Lipinski definition) is 3. The van der Waals surface area contributed by atoms with Gasteiger partial charge < -0.3 is 9.80 Å². The van der Waals surface area contributed by atoms with Crippen molar-refractivity contribution in [3.63, 3.8) is 0 Å². The molecule has 0 N–H and O–H groups in total. The van der Waals surface area contributed by atoms with Gasteiger partial charge in [-0.3, -0.25) is 4.79 Å². The maximum atomic E-state index is 12.8. The average Bonchev–Trinajstić information content (AvgIpc) is 3.16. The van der Waals surface area contributed by atoms with E-state index in [1.165, 1.54) is 65.6 Å². The molecule has 0 atom stereocenters. The highest BCUT2D eigenvalue weighted by molar-refractivity contribution is 5.96. The molecule has 0 aromatic heterocycles. The van der Waals surface area contributed by atoms with Crippen LogP contribution in [0.5, 0.6) is 0 Å². The molecule has 0 spiro atoms. The second-order valence-electron chi connectivity index (χ2n) is 11.8. The maximum Gasteiger partial charge on any atom is 0.162 e. The van der Waals surface area contributed by atoms with Crippen LogP contribution in [0.1, 0.15) is 78.1 Å². The van der Waals surface area contributed by atoms with Crippen LogP contribution in [0.2, 0.25) is 0 Å². The van der Waals surface area contributed by atoms with E-state index < -0.39 is 0 Å². The zero-order valence-electron chi connectivity index (χ0n) is 24.6. The smallest absolute Gasteiger partial charge is 0.162 e. The second-order valence-corrected chi connectivity index (χ2v) is 11.8. The molecular weight excluding hydrogens is 507 g/mol. The normalized spacial score (nSPS) is 17.7. The number of likely N-dealkylation sites (tertiary alicyclic amines) is 2. The zero-order valence-corrected chi connectivity index (χ0v) is 24.6. The molecule has 0 bridgehead atoms. The molecule has 0 amide bonds. The molecule has 0 radical (unpaired) electrons. The maximum absolute atomic E-state index is 12.8. The van der Waals surface area contributed by atoms with Gasteiger partial charge >= 0.3 is 0 Å². The fourth-order valence-corrected chi connectivity index (χ4v) is 6.11. The standard InChI is InChI=1S/C21H21N.C16H22FNO/c1-22-14-12-18(13-15-22)21-19-8-4-2-6-16(19)10-11-17-7-3-5-9-20(17)21;1-13-8-11-18(12-9-13)10-2-3-16(19)14-4-6-15(17)7-5-14/h2-11H,12-15H2,1H3;4-7,13H,2-3,8-12H2,1H3. The van der Waals surface area contributed by atoms with E-state index in [1.54, 1.807) is 17.7 Å². The fourth-order valence-electron chi connectivity index (χ4n) is 6.11. The van der Waals surface area contributed by atoms with Crippen LogP contribution in [-0.2, 0) is 0 Å². The van der Waals surface area contributed by atoms with Gasteiger partial charge in [-0.1, -0.05) is 73.2 Å². The Bertz CT molecular complexity index is 1320. The molecule has 0 unspecified atom stereocenters. The van der Waals surface area contributed by atoms with Crippen LogP contribution in [0.4, 0.5) is 4.39 Å². The van der Waals surface area contributed by atoms with E-state index in [0.29, 0.717) is 12.0 Å². The number of benzene rings is 3.